The Hall–Kier alpha value is -1.93. The molecule has 0 radical (unpaired) electrons. The minimum absolute atomic E-state index is 0.00421. The third-order valence-electron chi connectivity index (χ3n) is 4.81. The van der Waals surface area contributed by atoms with E-state index in [0.717, 1.165) is 25.1 Å². The molecule has 8 nitrogen and oxygen atoms in total. The van der Waals surface area contributed by atoms with Gasteiger partial charge < -0.3 is 15.7 Å². The van der Waals surface area contributed by atoms with Gasteiger partial charge >= 0.3 is 0 Å². The molecule has 1 aliphatic heterocycles. The highest BCUT2D eigenvalue weighted by Gasteiger charge is 2.40. The molecule has 2 aliphatic rings. The number of aryl methyl sites for hydroxylation is 2. The molecule has 0 aromatic carbocycles. The molecule has 1 aromatic heterocycles. The number of aromatic nitrogens is 2. The summed E-state index contributed by atoms with van der Waals surface area (Å²) in [5.74, 6) is -0.0836. The molecule has 3 N–H and O–H groups in total. The van der Waals surface area contributed by atoms with Gasteiger partial charge in [0.1, 0.15) is 0 Å². The van der Waals surface area contributed by atoms with E-state index in [1.807, 2.05) is 24.1 Å². The van der Waals surface area contributed by atoms with Crippen molar-refractivity contribution in [2.24, 2.45) is 0 Å². The molecule has 2 amide bonds. The second-order valence-electron chi connectivity index (χ2n) is 6.60. The fourth-order valence-electron chi connectivity index (χ4n) is 3.54. The van der Waals surface area contributed by atoms with Crippen LogP contribution in [-0.4, -0.2) is 69.4 Å². The van der Waals surface area contributed by atoms with Crippen molar-refractivity contribution in [2.45, 2.75) is 50.9 Å². The minimum atomic E-state index is -0.633. The summed E-state index contributed by atoms with van der Waals surface area (Å²) in [7, 11) is 0. The summed E-state index contributed by atoms with van der Waals surface area (Å²) in [5, 5.41) is 20.5. The third-order valence-corrected chi connectivity index (χ3v) is 4.81. The van der Waals surface area contributed by atoms with E-state index < -0.39 is 6.10 Å². The summed E-state index contributed by atoms with van der Waals surface area (Å²) >= 11 is 0. The molecule has 2 heterocycles. The highest BCUT2D eigenvalue weighted by molar-refractivity contribution is 5.78. The number of nitrogens with one attached hydrogen (secondary N) is 2. The zero-order valence-electron chi connectivity index (χ0n) is 13.9. The summed E-state index contributed by atoms with van der Waals surface area (Å²) in [6.45, 7) is 4.11. The Bertz CT molecular complexity index is 602. The Morgan fingerprint density at radius 3 is 3.04 bits per heavy atom. The zero-order valence-corrected chi connectivity index (χ0v) is 13.9. The first-order chi connectivity index (χ1) is 11.5. The van der Waals surface area contributed by atoms with E-state index >= 15 is 0 Å². The largest absolute Gasteiger partial charge is 0.389 e. The Morgan fingerprint density at radius 1 is 1.50 bits per heavy atom. The number of hydrogen-bond donors (Lipinski definition) is 3. The number of nitrogens with zero attached hydrogens (tertiary/aromatic N) is 3. The SMILES string of the molecule is Cc1ccn(CCC(=O)N[C@@H]2CC[C@@H](N3CCNC(=O)C3)[C@@H]2O)n1. The van der Waals surface area contributed by atoms with Crippen molar-refractivity contribution in [1.82, 2.24) is 25.3 Å². The Kier molecular flexibility index (Phi) is 5.15. The molecule has 1 aromatic rings. The second kappa shape index (κ2) is 7.31. The number of carbonyl (C=O) groups is 2. The number of amides is 2. The highest BCUT2D eigenvalue weighted by Crippen LogP contribution is 2.25. The van der Waals surface area contributed by atoms with Gasteiger partial charge in [0.25, 0.3) is 0 Å². The molecule has 3 rings (SSSR count). The maximum atomic E-state index is 12.1. The standard InChI is InChI=1S/C16H25N5O3/c1-11-4-7-21(19-11)8-5-14(22)18-12-2-3-13(16(12)24)20-9-6-17-15(23)10-20/h4,7,12-13,16,24H,2-3,5-6,8-10H2,1H3,(H,17,23)(H,18,22)/t12-,13-,16-/m1/s1. The van der Waals surface area contributed by atoms with Crippen LogP contribution in [0.25, 0.3) is 0 Å². The number of rotatable bonds is 5. The van der Waals surface area contributed by atoms with Crippen molar-refractivity contribution < 1.29 is 14.7 Å². The second-order valence-corrected chi connectivity index (χ2v) is 6.60. The lowest BCUT2D eigenvalue weighted by Crippen LogP contribution is -2.55. The lowest BCUT2D eigenvalue weighted by Gasteiger charge is -2.34. The van der Waals surface area contributed by atoms with Gasteiger partial charge in [0.2, 0.25) is 11.8 Å². The van der Waals surface area contributed by atoms with E-state index in [9.17, 15) is 14.7 Å². The van der Waals surface area contributed by atoms with Crippen LogP contribution in [0.4, 0.5) is 0 Å². The van der Waals surface area contributed by atoms with Gasteiger partial charge in [-0.05, 0) is 25.8 Å². The summed E-state index contributed by atoms with van der Waals surface area (Å²) in [6.07, 6.45) is 3.08. The molecule has 132 valence electrons. The maximum absolute atomic E-state index is 12.1. The van der Waals surface area contributed by atoms with E-state index in [0.29, 0.717) is 26.1 Å². The molecule has 0 unspecified atom stereocenters. The van der Waals surface area contributed by atoms with E-state index in [1.165, 1.54) is 0 Å². The molecular formula is C16H25N5O3. The van der Waals surface area contributed by atoms with Gasteiger partial charge in [-0.15, -0.1) is 0 Å². The third kappa shape index (κ3) is 3.93. The first kappa shape index (κ1) is 16.9. The number of aliphatic hydroxyl groups is 1. The zero-order chi connectivity index (χ0) is 17.1. The van der Waals surface area contributed by atoms with Crippen molar-refractivity contribution in [3.63, 3.8) is 0 Å². The van der Waals surface area contributed by atoms with Crippen LogP contribution in [-0.2, 0) is 16.1 Å². The van der Waals surface area contributed by atoms with E-state index in [-0.39, 0.29) is 23.9 Å². The normalized spacial score (nSPS) is 27.9. The Balaban J connectivity index is 1.47. The monoisotopic (exact) mass is 335 g/mol. The first-order valence-corrected chi connectivity index (χ1v) is 8.51. The van der Waals surface area contributed by atoms with Gasteiger partial charge in [-0.3, -0.25) is 19.2 Å². The van der Waals surface area contributed by atoms with Crippen LogP contribution in [0.2, 0.25) is 0 Å². The summed E-state index contributed by atoms with van der Waals surface area (Å²) in [6, 6.07) is 1.60. The van der Waals surface area contributed by atoms with Crippen molar-refractivity contribution in [3.8, 4) is 0 Å². The summed E-state index contributed by atoms with van der Waals surface area (Å²) < 4.78 is 1.75. The predicted molar refractivity (Wildman–Crippen MR) is 87.1 cm³/mol. The minimum Gasteiger partial charge on any atom is -0.389 e. The van der Waals surface area contributed by atoms with Crippen LogP contribution in [0.15, 0.2) is 12.3 Å². The molecule has 2 fully saturated rings. The summed E-state index contributed by atoms with van der Waals surface area (Å²) in [4.78, 5) is 25.6. The van der Waals surface area contributed by atoms with Crippen LogP contribution in [0, 0.1) is 6.92 Å². The number of hydrogen-bond acceptors (Lipinski definition) is 5. The molecule has 1 saturated heterocycles. The van der Waals surface area contributed by atoms with E-state index in [4.69, 9.17) is 0 Å². The van der Waals surface area contributed by atoms with Gasteiger partial charge in [-0.25, -0.2) is 0 Å². The molecule has 1 saturated carbocycles. The summed E-state index contributed by atoms with van der Waals surface area (Å²) in [5.41, 5.74) is 0.926. The molecule has 0 spiro atoms. The van der Waals surface area contributed by atoms with E-state index in [1.54, 1.807) is 4.68 Å². The lowest BCUT2D eigenvalue weighted by atomic mass is 10.1. The van der Waals surface area contributed by atoms with Crippen LogP contribution in [0.3, 0.4) is 0 Å². The lowest BCUT2D eigenvalue weighted by molar-refractivity contribution is -0.126. The topological polar surface area (TPSA) is 99.5 Å². The average Bonchev–Trinajstić information content (AvgIpc) is 3.12. The fraction of sp³-hybridized carbons (Fsp3) is 0.688. The van der Waals surface area contributed by atoms with Crippen molar-refractivity contribution in [3.05, 3.63) is 18.0 Å². The van der Waals surface area contributed by atoms with Crippen LogP contribution in [0.5, 0.6) is 0 Å². The van der Waals surface area contributed by atoms with Gasteiger partial charge in [0, 0.05) is 38.3 Å². The van der Waals surface area contributed by atoms with E-state index in [2.05, 4.69) is 15.7 Å². The van der Waals surface area contributed by atoms with Gasteiger partial charge in [0.05, 0.1) is 24.4 Å². The Morgan fingerprint density at radius 2 is 2.33 bits per heavy atom. The molecule has 24 heavy (non-hydrogen) atoms. The maximum Gasteiger partial charge on any atom is 0.234 e. The number of aliphatic hydroxyl groups excluding tert-OH is 1. The van der Waals surface area contributed by atoms with Gasteiger partial charge in [-0.1, -0.05) is 0 Å². The number of carbonyl (C=O) groups excluding carboxylic acids is 2. The highest BCUT2D eigenvalue weighted by atomic mass is 16.3. The van der Waals surface area contributed by atoms with Gasteiger partial charge in [-0.2, -0.15) is 5.10 Å². The molecule has 8 heteroatoms. The first-order valence-electron chi connectivity index (χ1n) is 8.51. The van der Waals surface area contributed by atoms with Crippen molar-refractivity contribution in [2.75, 3.05) is 19.6 Å². The number of piperazine rings is 1. The fourth-order valence-corrected chi connectivity index (χ4v) is 3.54. The van der Waals surface area contributed by atoms with Crippen LogP contribution in [0.1, 0.15) is 25.0 Å². The van der Waals surface area contributed by atoms with Crippen molar-refractivity contribution in [1.29, 1.82) is 0 Å². The smallest absolute Gasteiger partial charge is 0.234 e. The molecule has 1 aliphatic carbocycles. The van der Waals surface area contributed by atoms with Crippen molar-refractivity contribution >= 4 is 11.8 Å². The molecule has 0 bridgehead atoms. The average molecular weight is 335 g/mol. The van der Waals surface area contributed by atoms with Crippen LogP contribution < -0.4 is 10.6 Å². The van der Waals surface area contributed by atoms with Gasteiger partial charge in [0.15, 0.2) is 0 Å². The molecular weight excluding hydrogens is 310 g/mol. The van der Waals surface area contributed by atoms with Crippen LogP contribution >= 0.6 is 0 Å². The Labute approximate surface area is 141 Å². The predicted octanol–water partition coefficient (Wildman–Crippen LogP) is -0.978. The molecule has 3 atom stereocenters. The quantitative estimate of drug-likeness (QED) is 0.642.